The summed E-state index contributed by atoms with van der Waals surface area (Å²) >= 11 is 0. The van der Waals surface area contributed by atoms with Crippen molar-refractivity contribution in [1.82, 2.24) is 10.6 Å². The molecule has 0 aromatic heterocycles. The molecule has 1 atom stereocenters. The van der Waals surface area contributed by atoms with Crippen molar-refractivity contribution in [3.05, 3.63) is 0 Å². The van der Waals surface area contributed by atoms with Crippen LogP contribution in [0.25, 0.3) is 0 Å². The van der Waals surface area contributed by atoms with Crippen molar-refractivity contribution in [2.24, 2.45) is 5.41 Å². The Morgan fingerprint density at radius 2 is 1.71 bits per heavy atom. The molecule has 0 rings (SSSR count). The number of aliphatic hydroxyl groups excluding tert-OH is 1. The fraction of sp³-hybridized carbons (Fsp3) is 0.700. The Hall–Kier alpha value is -1.63. The van der Waals surface area contributed by atoms with Crippen molar-refractivity contribution < 1.29 is 24.6 Å². The van der Waals surface area contributed by atoms with E-state index in [1.54, 1.807) is 20.8 Å². The molecule has 0 saturated heterocycles. The summed E-state index contributed by atoms with van der Waals surface area (Å²) in [4.78, 5) is 32.8. The lowest BCUT2D eigenvalue weighted by atomic mass is 9.96. The SMILES string of the molecule is CC(C)(C)C(=O)NCC(=O)NC[C@H](O)C(=O)O. The highest BCUT2D eigenvalue weighted by atomic mass is 16.4. The number of aliphatic hydroxyl groups is 1. The molecular weight excluding hydrogens is 228 g/mol. The van der Waals surface area contributed by atoms with Gasteiger partial charge in [0.2, 0.25) is 11.8 Å². The Bertz CT molecular complexity index is 308. The number of amides is 2. The molecule has 0 aliphatic carbocycles. The third-order valence-electron chi connectivity index (χ3n) is 1.87. The Morgan fingerprint density at radius 1 is 1.18 bits per heavy atom. The molecule has 0 spiro atoms. The molecule has 0 saturated carbocycles. The third kappa shape index (κ3) is 6.52. The van der Waals surface area contributed by atoms with Gasteiger partial charge in [-0.15, -0.1) is 0 Å². The van der Waals surface area contributed by atoms with Crippen LogP contribution in [0.2, 0.25) is 0 Å². The quantitative estimate of drug-likeness (QED) is 0.481. The molecular formula is C10H18N2O5. The maximum atomic E-state index is 11.4. The fourth-order valence-corrected chi connectivity index (χ4v) is 0.786. The average Bonchev–Trinajstić information content (AvgIpc) is 2.20. The topological polar surface area (TPSA) is 116 Å². The second-order valence-electron chi connectivity index (χ2n) is 4.59. The third-order valence-corrected chi connectivity index (χ3v) is 1.87. The van der Waals surface area contributed by atoms with Crippen LogP contribution in [-0.2, 0) is 14.4 Å². The summed E-state index contributed by atoms with van der Waals surface area (Å²) in [7, 11) is 0. The van der Waals surface area contributed by atoms with Crippen LogP contribution < -0.4 is 10.6 Å². The summed E-state index contributed by atoms with van der Waals surface area (Å²) in [5, 5.41) is 21.8. The van der Waals surface area contributed by atoms with Crippen molar-refractivity contribution in [2.75, 3.05) is 13.1 Å². The van der Waals surface area contributed by atoms with Crippen LogP contribution in [-0.4, -0.2) is 47.2 Å². The first kappa shape index (κ1) is 15.4. The average molecular weight is 246 g/mol. The minimum absolute atomic E-state index is 0.248. The van der Waals surface area contributed by atoms with E-state index in [0.29, 0.717) is 0 Å². The van der Waals surface area contributed by atoms with Gasteiger partial charge < -0.3 is 20.8 Å². The Morgan fingerprint density at radius 3 is 2.12 bits per heavy atom. The predicted octanol–water partition coefficient (Wildman–Crippen LogP) is -1.29. The van der Waals surface area contributed by atoms with Crippen molar-refractivity contribution in [3.63, 3.8) is 0 Å². The number of hydrogen-bond donors (Lipinski definition) is 4. The first-order chi connectivity index (χ1) is 7.64. The van der Waals surface area contributed by atoms with Gasteiger partial charge in [-0.25, -0.2) is 4.79 Å². The molecule has 0 radical (unpaired) electrons. The molecule has 0 unspecified atom stereocenters. The molecule has 17 heavy (non-hydrogen) atoms. The van der Waals surface area contributed by atoms with Crippen molar-refractivity contribution in [1.29, 1.82) is 0 Å². The number of carboxylic acid groups (broad SMARTS) is 1. The van der Waals surface area contributed by atoms with Gasteiger partial charge in [0.25, 0.3) is 0 Å². The van der Waals surface area contributed by atoms with Crippen LogP contribution in [0.5, 0.6) is 0 Å². The minimum atomic E-state index is -1.64. The monoisotopic (exact) mass is 246 g/mol. The summed E-state index contributed by atoms with van der Waals surface area (Å²) in [5.41, 5.74) is -0.596. The number of rotatable bonds is 5. The second-order valence-corrected chi connectivity index (χ2v) is 4.59. The summed E-state index contributed by atoms with van der Waals surface area (Å²) in [6.07, 6.45) is -1.64. The zero-order valence-corrected chi connectivity index (χ0v) is 10.1. The maximum absolute atomic E-state index is 11.4. The summed E-state index contributed by atoms with van der Waals surface area (Å²) in [6.45, 7) is 4.47. The number of nitrogens with one attached hydrogen (secondary N) is 2. The second kappa shape index (κ2) is 6.19. The van der Waals surface area contributed by atoms with Crippen LogP contribution in [0.15, 0.2) is 0 Å². The maximum Gasteiger partial charge on any atom is 0.334 e. The molecule has 0 heterocycles. The number of carboxylic acids is 1. The Kier molecular flexibility index (Phi) is 5.60. The molecule has 7 nitrogen and oxygen atoms in total. The molecule has 0 bridgehead atoms. The number of carbonyl (C=O) groups is 3. The van der Waals surface area contributed by atoms with E-state index in [9.17, 15) is 14.4 Å². The number of carbonyl (C=O) groups excluding carboxylic acids is 2. The highest BCUT2D eigenvalue weighted by Gasteiger charge is 2.21. The molecule has 0 fully saturated rings. The largest absolute Gasteiger partial charge is 0.479 e. The highest BCUT2D eigenvalue weighted by Crippen LogP contribution is 2.11. The van der Waals surface area contributed by atoms with Crippen molar-refractivity contribution in [3.8, 4) is 0 Å². The fourth-order valence-electron chi connectivity index (χ4n) is 0.786. The molecule has 0 aliphatic heterocycles. The zero-order valence-electron chi connectivity index (χ0n) is 10.1. The van der Waals surface area contributed by atoms with E-state index in [0.717, 1.165) is 0 Å². The van der Waals surface area contributed by atoms with Gasteiger partial charge in [-0.2, -0.15) is 0 Å². The molecule has 0 aromatic rings. The molecule has 2 amide bonds. The normalized spacial score (nSPS) is 12.7. The lowest BCUT2D eigenvalue weighted by molar-refractivity contribution is -0.146. The summed E-state index contributed by atoms with van der Waals surface area (Å²) in [6, 6.07) is 0. The molecule has 4 N–H and O–H groups in total. The molecule has 7 heteroatoms. The van der Waals surface area contributed by atoms with Crippen LogP contribution >= 0.6 is 0 Å². The Labute approximate surface area is 99.2 Å². The van der Waals surface area contributed by atoms with E-state index < -0.39 is 23.4 Å². The lowest BCUT2D eigenvalue weighted by Crippen LogP contribution is -2.44. The van der Waals surface area contributed by atoms with Crippen LogP contribution in [0, 0.1) is 5.41 Å². The molecule has 0 aliphatic rings. The van der Waals surface area contributed by atoms with Gasteiger partial charge >= 0.3 is 5.97 Å². The van der Waals surface area contributed by atoms with E-state index in [4.69, 9.17) is 10.2 Å². The van der Waals surface area contributed by atoms with Gasteiger partial charge in [-0.3, -0.25) is 9.59 Å². The van der Waals surface area contributed by atoms with Gasteiger partial charge in [0.05, 0.1) is 13.1 Å². The molecule has 98 valence electrons. The molecule has 0 aromatic carbocycles. The number of aliphatic carboxylic acids is 1. The predicted molar refractivity (Wildman–Crippen MR) is 59.1 cm³/mol. The highest BCUT2D eigenvalue weighted by molar-refractivity contribution is 5.87. The first-order valence-corrected chi connectivity index (χ1v) is 5.10. The van der Waals surface area contributed by atoms with E-state index >= 15 is 0 Å². The van der Waals surface area contributed by atoms with Gasteiger partial charge in [0.1, 0.15) is 0 Å². The zero-order chi connectivity index (χ0) is 13.6. The van der Waals surface area contributed by atoms with Crippen LogP contribution in [0.1, 0.15) is 20.8 Å². The standard InChI is InChI=1S/C10H18N2O5/c1-10(2,3)9(17)12-5-7(14)11-4-6(13)8(15)16/h6,13H,4-5H2,1-3H3,(H,11,14)(H,12,17)(H,15,16)/t6-/m0/s1. The minimum Gasteiger partial charge on any atom is -0.479 e. The van der Waals surface area contributed by atoms with Crippen molar-refractivity contribution >= 4 is 17.8 Å². The van der Waals surface area contributed by atoms with Crippen LogP contribution in [0.4, 0.5) is 0 Å². The van der Waals surface area contributed by atoms with E-state index in [1.165, 1.54) is 0 Å². The van der Waals surface area contributed by atoms with Gasteiger partial charge in [-0.05, 0) is 0 Å². The Balaban J connectivity index is 3.89. The van der Waals surface area contributed by atoms with Crippen molar-refractivity contribution in [2.45, 2.75) is 26.9 Å². The van der Waals surface area contributed by atoms with E-state index in [2.05, 4.69) is 10.6 Å². The van der Waals surface area contributed by atoms with Gasteiger partial charge in [-0.1, -0.05) is 20.8 Å². The van der Waals surface area contributed by atoms with E-state index in [1.807, 2.05) is 0 Å². The smallest absolute Gasteiger partial charge is 0.334 e. The van der Waals surface area contributed by atoms with E-state index in [-0.39, 0.29) is 19.0 Å². The van der Waals surface area contributed by atoms with Gasteiger partial charge in [0, 0.05) is 5.41 Å². The lowest BCUT2D eigenvalue weighted by Gasteiger charge is -2.17. The first-order valence-electron chi connectivity index (χ1n) is 5.10. The van der Waals surface area contributed by atoms with Gasteiger partial charge in [0.15, 0.2) is 6.10 Å². The number of hydrogen-bond acceptors (Lipinski definition) is 4. The summed E-state index contributed by atoms with van der Waals surface area (Å²) in [5.74, 6) is -2.25. The summed E-state index contributed by atoms with van der Waals surface area (Å²) < 4.78 is 0. The van der Waals surface area contributed by atoms with Crippen LogP contribution in [0.3, 0.4) is 0 Å².